The van der Waals surface area contributed by atoms with Crippen LogP contribution < -0.4 is 5.32 Å². The maximum atomic E-state index is 14.0. The highest BCUT2D eigenvalue weighted by Crippen LogP contribution is 2.38. The Balaban J connectivity index is 1.62. The Kier molecular flexibility index (Phi) is 5.37. The summed E-state index contributed by atoms with van der Waals surface area (Å²) in [5.41, 5.74) is 0.803. The zero-order valence-electron chi connectivity index (χ0n) is 18.5. The fourth-order valence-electron chi connectivity index (χ4n) is 4.43. The molecule has 1 aromatic heterocycles. The molecule has 1 N–H and O–H groups in total. The predicted octanol–water partition coefficient (Wildman–Crippen LogP) is 4.61. The third kappa shape index (κ3) is 3.33. The highest BCUT2D eigenvalue weighted by atomic mass is 16.5. The first-order chi connectivity index (χ1) is 16.6. The number of nitrogens with one attached hydrogen (secondary N) is 1. The number of ether oxygens (including phenoxy) is 1. The van der Waals surface area contributed by atoms with Crippen LogP contribution in [0.1, 0.15) is 34.2 Å². The van der Waals surface area contributed by atoms with E-state index in [4.69, 9.17) is 9.15 Å². The molecule has 3 aromatic carbocycles. The van der Waals surface area contributed by atoms with E-state index in [1.54, 1.807) is 31.2 Å². The molecule has 34 heavy (non-hydrogen) atoms. The Labute approximate surface area is 195 Å². The number of imide groups is 1. The van der Waals surface area contributed by atoms with Crippen LogP contribution in [0.4, 0.5) is 4.79 Å². The van der Waals surface area contributed by atoms with Crippen LogP contribution in [-0.2, 0) is 21.6 Å². The van der Waals surface area contributed by atoms with Gasteiger partial charge < -0.3 is 14.5 Å². The van der Waals surface area contributed by atoms with E-state index in [0.717, 1.165) is 4.90 Å². The lowest BCUT2D eigenvalue weighted by atomic mass is 9.82. The van der Waals surface area contributed by atoms with E-state index in [1.165, 1.54) is 0 Å². The van der Waals surface area contributed by atoms with E-state index in [-0.39, 0.29) is 18.9 Å². The smallest absolute Gasteiger partial charge is 0.374 e. The Hall–Kier alpha value is -4.39. The van der Waals surface area contributed by atoms with E-state index in [2.05, 4.69) is 5.32 Å². The molecule has 0 aliphatic carbocycles. The van der Waals surface area contributed by atoms with E-state index in [9.17, 15) is 14.4 Å². The van der Waals surface area contributed by atoms with Crippen molar-refractivity contribution < 1.29 is 23.5 Å². The Bertz CT molecular complexity index is 1340. The normalized spacial score (nSPS) is 14.9. The Morgan fingerprint density at radius 2 is 1.50 bits per heavy atom. The van der Waals surface area contributed by atoms with Crippen LogP contribution in [0.25, 0.3) is 11.0 Å². The minimum Gasteiger partial charge on any atom is -0.460 e. The van der Waals surface area contributed by atoms with E-state index < -0.39 is 23.4 Å². The van der Waals surface area contributed by atoms with Crippen molar-refractivity contribution in [3.63, 3.8) is 0 Å². The van der Waals surface area contributed by atoms with Gasteiger partial charge in [0.05, 0.1) is 13.2 Å². The molecule has 1 fully saturated rings. The van der Waals surface area contributed by atoms with Gasteiger partial charge in [-0.1, -0.05) is 78.9 Å². The first-order valence-corrected chi connectivity index (χ1v) is 11.0. The maximum Gasteiger partial charge on any atom is 0.374 e. The summed E-state index contributed by atoms with van der Waals surface area (Å²) >= 11 is 0. The van der Waals surface area contributed by atoms with Crippen LogP contribution in [0.2, 0.25) is 0 Å². The fourth-order valence-corrected chi connectivity index (χ4v) is 4.43. The predicted molar refractivity (Wildman–Crippen MR) is 125 cm³/mol. The van der Waals surface area contributed by atoms with Crippen molar-refractivity contribution in [3.8, 4) is 0 Å². The van der Waals surface area contributed by atoms with Crippen molar-refractivity contribution in [2.75, 3.05) is 6.61 Å². The van der Waals surface area contributed by atoms with Crippen LogP contribution in [-0.4, -0.2) is 29.4 Å². The molecule has 0 spiro atoms. The summed E-state index contributed by atoms with van der Waals surface area (Å²) in [4.78, 5) is 41.0. The van der Waals surface area contributed by atoms with Gasteiger partial charge in [0.2, 0.25) is 5.76 Å². The molecule has 0 radical (unpaired) electrons. The van der Waals surface area contributed by atoms with Crippen LogP contribution in [0.5, 0.6) is 0 Å². The first kappa shape index (κ1) is 21.5. The number of hydrogen-bond acceptors (Lipinski definition) is 5. The van der Waals surface area contributed by atoms with Crippen LogP contribution in [0.3, 0.4) is 0 Å². The van der Waals surface area contributed by atoms with E-state index >= 15 is 0 Å². The van der Waals surface area contributed by atoms with Crippen LogP contribution >= 0.6 is 0 Å². The van der Waals surface area contributed by atoms with Crippen molar-refractivity contribution in [1.29, 1.82) is 0 Å². The summed E-state index contributed by atoms with van der Waals surface area (Å²) in [6.07, 6.45) is 0. The highest BCUT2D eigenvalue weighted by Gasteiger charge is 2.54. The number of furan rings is 1. The van der Waals surface area contributed by atoms with Gasteiger partial charge in [0.15, 0.2) is 5.54 Å². The van der Waals surface area contributed by atoms with Gasteiger partial charge in [-0.05, 0) is 24.1 Å². The number of carbonyl (C=O) groups is 3. The van der Waals surface area contributed by atoms with Crippen molar-refractivity contribution in [2.24, 2.45) is 0 Å². The van der Waals surface area contributed by atoms with Gasteiger partial charge in [-0.15, -0.1) is 0 Å². The molecular formula is C27H22N2O5. The fraction of sp³-hybridized carbons (Fsp3) is 0.148. The third-order valence-corrected chi connectivity index (χ3v) is 5.99. The molecule has 1 aliphatic rings. The number of carbonyl (C=O) groups excluding carboxylic acids is 3. The van der Waals surface area contributed by atoms with E-state index in [0.29, 0.717) is 27.7 Å². The number of hydrogen-bond donors (Lipinski definition) is 1. The average molecular weight is 454 g/mol. The number of fused-ring (bicyclic) bond motifs is 1. The highest BCUT2D eigenvalue weighted by molar-refractivity contribution is 6.10. The SMILES string of the molecule is CCOC(=O)c1oc2ccccc2c1CN1C(=O)NC(c2ccccc2)(c2ccccc2)C1=O. The van der Waals surface area contributed by atoms with Gasteiger partial charge in [-0.25, -0.2) is 9.59 Å². The number of nitrogens with zero attached hydrogens (tertiary/aromatic N) is 1. The molecule has 7 nitrogen and oxygen atoms in total. The standard InChI is InChI=1S/C27H22N2O5/c1-2-33-24(30)23-21(20-15-9-10-16-22(20)34-23)17-29-25(31)27(28-26(29)32,18-11-5-3-6-12-18)19-13-7-4-8-14-19/h3-16H,2,17H2,1H3,(H,28,32). The second-order valence-corrected chi connectivity index (χ2v) is 7.93. The molecule has 0 bridgehead atoms. The molecule has 4 aromatic rings. The molecule has 0 saturated carbocycles. The third-order valence-electron chi connectivity index (χ3n) is 5.99. The molecular weight excluding hydrogens is 432 g/mol. The number of amides is 3. The van der Waals surface area contributed by atoms with Gasteiger partial charge in [-0.2, -0.15) is 0 Å². The largest absolute Gasteiger partial charge is 0.460 e. The molecule has 1 aliphatic heterocycles. The summed E-state index contributed by atoms with van der Waals surface area (Å²) in [6, 6.07) is 24.8. The average Bonchev–Trinajstić information content (AvgIpc) is 3.36. The lowest BCUT2D eigenvalue weighted by molar-refractivity contribution is -0.130. The summed E-state index contributed by atoms with van der Waals surface area (Å²) in [5, 5.41) is 3.57. The zero-order valence-corrected chi connectivity index (χ0v) is 18.5. The minimum absolute atomic E-state index is 0.0134. The number of urea groups is 1. The maximum absolute atomic E-state index is 14.0. The van der Waals surface area contributed by atoms with Crippen molar-refractivity contribution in [1.82, 2.24) is 10.2 Å². The Morgan fingerprint density at radius 1 is 0.912 bits per heavy atom. The summed E-state index contributed by atoms with van der Waals surface area (Å²) in [7, 11) is 0. The molecule has 170 valence electrons. The summed E-state index contributed by atoms with van der Waals surface area (Å²) < 4.78 is 10.9. The van der Waals surface area contributed by atoms with Gasteiger partial charge in [0.1, 0.15) is 5.58 Å². The van der Waals surface area contributed by atoms with Crippen molar-refractivity contribution in [2.45, 2.75) is 19.0 Å². The van der Waals surface area contributed by atoms with Gasteiger partial charge in [0.25, 0.3) is 5.91 Å². The molecule has 2 heterocycles. The number of benzene rings is 3. The summed E-state index contributed by atoms with van der Waals surface area (Å²) in [5.74, 6) is -1.09. The Morgan fingerprint density at radius 3 is 2.12 bits per heavy atom. The van der Waals surface area contributed by atoms with Gasteiger partial charge in [0, 0.05) is 10.9 Å². The quantitative estimate of drug-likeness (QED) is 0.340. The number of esters is 1. The van der Waals surface area contributed by atoms with Crippen LogP contribution in [0, 0.1) is 0 Å². The van der Waals surface area contributed by atoms with Crippen molar-refractivity contribution in [3.05, 3.63) is 107 Å². The molecule has 5 rings (SSSR count). The van der Waals surface area contributed by atoms with E-state index in [1.807, 2.05) is 60.7 Å². The molecule has 7 heteroatoms. The van der Waals surface area contributed by atoms with Gasteiger partial charge >= 0.3 is 12.0 Å². The molecule has 3 amide bonds. The van der Waals surface area contributed by atoms with Crippen molar-refractivity contribution >= 4 is 28.9 Å². The molecule has 0 atom stereocenters. The minimum atomic E-state index is -1.39. The number of rotatable bonds is 6. The topological polar surface area (TPSA) is 88.8 Å². The second kappa shape index (κ2) is 8.51. The lowest BCUT2D eigenvalue weighted by Gasteiger charge is -2.28. The monoisotopic (exact) mass is 454 g/mol. The second-order valence-electron chi connectivity index (χ2n) is 7.93. The van der Waals surface area contributed by atoms with Gasteiger partial charge in [-0.3, -0.25) is 9.69 Å². The molecule has 0 unspecified atom stereocenters. The van der Waals surface area contributed by atoms with Crippen LogP contribution in [0.15, 0.2) is 89.3 Å². The summed E-state index contributed by atoms with van der Waals surface area (Å²) in [6.45, 7) is 1.73. The lowest BCUT2D eigenvalue weighted by Crippen LogP contribution is -2.45. The molecule has 1 saturated heterocycles. The number of para-hydroxylation sites is 1. The first-order valence-electron chi connectivity index (χ1n) is 11.0. The zero-order chi connectivity index (χ0) is 23.7.